The molecule has 2 N–H and O–H groups in total. The highest BCUT2D eigenvalue weighted by Crippen LogP contribution is 2.19. The van der Waals surface area contributed by atoms with E-state index in [0.717, 1.165) is 17.8 Å². The van der Waals surface area contributed by atoms with E-state index in [2.05, 4.69) is 25.8 Å². The average Bonchev–Trinajstić information content (AvgIpc) is 3.12. The first-order valence-electron chi connectivity index (χ1n) is 9.08. The van der Waals surface area contributed by atoms with Crippen LogP contribution in [0, 0.1) is 0 Å². The second-order valence-corrected chi connectivity index (χ2v) is 5.96. The predicted octanol–water partition coefficient (Wildman–Crippen LogP) is 3.15. The molecule has 7 nitrogen and oxygen atoms in total. The maximum absolute atomic E-state index is 12.2. The fraction of sp³-hybridized carbons (Fsp3) is 0.500. The minimum atomic E-state index is -4.35. The number of ether oxygens (including phenoxy) is 1. The van der Waals surface area contributed by atoms with Gasteiger partial charge in [0.25, 0.3) is 0 Å². The summed E-state index contributed by atoms with van der Waals surface area (Å²) in [5.74, 6) is 1.76. The van der Waals surface area contributed by atoms with E-state index in [1.807, 2.05) is 18.4 Å². The molecule has 0 aliphatic rings. The van der Waals surface area contributed by atoms with E-state index in [9.17, 15) is 13.2 Å². The predicted molar refractivity (Wildman–Crippen MR) is 116 cm³/mol. The molecule has 11 heteroatoms. The Balaban J connectivity index is 0.00000420. The van der Waals surface area contributed by atoms with Crippen LogP contribution >= 0.6 is 24.0 Å². The van der Waals surface area contributed by atoms with Crippen molar-refractivity contribution in [1.82, 2.24) is 25.4 Å². The molecule has 0 radical (unpaired) electrons. The second-order valence-electron chi connectivity index (χ2n) is 5.96. The van der Waals surface area contributed by atoms with Crippen LogP contribution in [0.15, 0.2) is 35.6 Å². The highest BCUT2D eigenvalue weighted by atomic mass is 127. The van der Waals surface area contributed by atoms with Crippen LogP contribution in [-0.2, 0) is 19.5 Å². The Hall–Kier alpha value is -2.05. The van der Waals surface area contributed by atoms with Crippen molar-refractivity contribution in [1.29, 1.82) is 0 Å². The van der Waals surface area contributed by atoms with Gasteiger partial charge in [-0.2, -0.15) is 13.2 Å². The third-order valence-electron chi connectivity index (χ3n) is 3.75. The van der Waals surface area contributed by atoms with Gasteiger partial charge in [0.15, 0.2) is 12.6 Å². The summed E-state index contributed by atoms with van der Waals surface area (Å²) in [4.78, 5) is 4.49. The van der Waals surface area contributed by atoms with Gasteiger partial charge in [-0.3, -0.25) is 0 Å². The molecule has 1 heterocycles. The highest BCUT2D eigenvalue weighted by Gasteiger charge is 2.28. The van der Waals surface area contributed by atoms with E-state index >= 15 is 0 Å². The summed E-state index contributed by atoms with van der Waals surface area (Å²) in [7, 11) is 0. The monoisotopic (exact) mass is 526 g/mol. The lowest BCUT2D eigenvalue weighted by molar-refractivity contribution is -0.153. The SMILES string of the molecule is CCNC(=NCc1ccc(OCC(F)(F)F)cc1)NCCn1cnnc1CC.I. The lowest BCUT2D eigenvalue weighted by atomic mass is 10.2. The van der Waals surface area contributed by atoms with E-state index in [1.165, 1.54) is 12.1 Å². The Kier molecular flexibility index (Phi) is 10.8. The van der Waals surface area contributed by atoms with E-state index in [4.69, 9.17) is 4.74 Å². The Morgan fingerprint density at radius 2 is 1.90 bits per heavy atom. The third-order valence-corrected chi connectivity index (χ3v) is 3.75. The fourth-order valence-electron chi connectivity index (χ4n) is 2.40. The van der Waals surface area contributed by atoms with E-state index in [-0.39, 0.29) is 29.7 Å². The number of nitrogens with zero attached hydrogens (tertiary/aromatic N) is 4. The summed E-state index contributed by atoms with van der Waals surface area (Å²) in [5.41, 5.74) is 0.864. The summed E-state index contributed by atoms with van der Waals surface area (Å²) in [6, 6.07) is 6.41. The zero-order chi connectivity index (χ0) is 20.4. The van der Waals surface area contributed by atoms with Crippen LogP contribution in [-0.4, -0.2) is 46.6 Å². The first-order valence-corrected chi connectivity index (χ1v) is 9.08. The second kappa shape index (κ2) is 12.5. The summed E-state index contributed by atoms with van der Waals surface area (Å²) >= 11 is 0. The summed E-state index contributed by atoms with van der Waals surface area (Å²) in [6.07, 6.45) is -1.83. The van der Waals surface area contributed by atoms with Crippen molar-refractivity contribution in [2.75, 3.05) is 19.7 Å². The molecule has 0 bridgehead atoms. The number of aryl methyl sites for hydroxylation is 1. The van der Waals surface area contributed by atoms with Gasteiger partial charge in [0, 0.05) is 26.1 Å². The van der Waals surface area contributed by atoms with Crippen LogP contribution in [0.25, 0.3) is 0 Å². The number of rotatable bonds is 9. The normalized spacial score (nSPS) is 11.7. The molecule has 0 saturated carbocycles. The number of aliphatic imine (C=N–C) groups is 1. The zero-order valence-corrected chi connectivity index (χ0v) is 18.7. The minimum absolute atomic E-state index is 0. The molecule has 0 saturated heterocycles. The Morgan fingerprint density at radius 1 is 1.17 bits per heavy atom. The Labute approximate surface area is 185 Å². The van der Waals surface area contributed by atoms with Crippen LogP contribution in [0.4, 0.5) is 13.2 Å². The van der Waals surface area contributed by atoms with E-state index in [1.54, 1.807) is 18.5 Å². The van der Waals surface area contributed by atoms with Crippen molar-refractivity contribution >= 4 is 29.9 Å². The van der Waals surface area contributed by atoms with Crippen LogP contribution < -0.4 is 15.4 Å². The van der Waals surface area contributed by atoms with Gasteiger partial charge < -0.3 is 19.9 Å². The lowest BCUT2D eigenvalue weighted by Crippen LogP contribution is -2.38. The third kappa shape index (κ3) is 9.33. The molecule has 2 aromatic rings. The minimum Gasteiger partial charge on any atom is -0.484 e. The number of aromatic nitrogens is 3. The largest absolute Gasteiger partial charge is 0.484 e. The molecule has 1 aromatic heterocycles. The summed E-state index contributed by atoms with van der Waals surface area (Å²) in [5, 5.41) is 14.3. The number of hydrogen-bond donors (Lipinski definition) is 2. The highest BCUT2D eigenvalue weighted by molar-refractivity contribution is 14.0. The zero-order valence-electron chi connectivity index (χ0n) is 16.4. The van der Waals surface area contributed by atoms with Crippen LogP contribution in [0.2, 0.25) is 0 Å². The maximum atomic E-state index is 12.2. The van der Waals surface area contributed by atoms with E-state index < -0.39 is 12.8 Å². The topological polar surface area (TPSA) is 76.4 Å². The number of nitrogens with one attached hydrogen (secondary N) is 2. The van der Waals surface area contributed by atoms with Gasteiger partial charge in [0.2, 0.25) is 0 Å². The van der Waals surface area contributed by atoms with Crippen molar-refractivity contribution in [3.05, 3.63) is 42.0 Å². The quantitative estimate of drug-likeness (QED) is 0.299. The number of benzene rings is 1. The Morgan fingerprint density at radius 3 is 2.52 bits per heavy atom. The molecule has 0 spiro atoms. The molecule has 0 aliphatic heterocycles. The number of hydrogen-bond acceptors (Lipinski definition) is 4. The van der Waals surface area contributed by atoms with Crippen molar-refractivity contribution in [3.63, 3.8) is 0 Å². The first kappa shape index (κ1) is 25.0. The molecule has 2 rings (SSSR count). The molecule has 0 fully saturated rings. The van der Waals surface area contributed by atoms with Crippen LogP contribution in [0.5, 0.6) is 5.75 Å². The van der Waals surface area contributed by atoms with Gasteiger partial charge in [0.05, 0.1) is 6.54 Å². The molecule has 0 amide bonds. The van der Waals surface area contributed by atoms with Crippen molar-refractivity contribution in [2.24, 2.45) is 4.99 Å². The van der Waals surface area contributed by atoms with Gasteiger partial charge in [-0.15, -0.1) is 34.2 Å². The molecule has 0 unspecified atom stereocenters. The molecule has 0 atom stereocenters. The van der Waals surface area contributed by atoms with Crippen LogP contribution in [0.1, 0.15) is 25.2 Å². The standard InChI is InChI=1S/C18H25F3N6O.HI/c1-3-16-26-25-13-27(16)10-9-23-17(22-4-2)24-11-14-5-7-15(8-6-14)28-12-18(19,20)21;/h5-8,13H,3-4,9-12H2,1-2H3,(H2,22,23,24);1H. The molecule has 162 valence electrons. The van der Waals surface area contributed by atoms with Crippen molar-refractivity contribution in [2.45, 2.75) is 39.5 Å². The fourth-order valence-corrected chi connectivity index (χ4v) is 2.40. The first-order chi connectivity index (χ1) is 13.4. The Bertz CT molecular complexity index is 749. The summed E-state index contributed by atoms with van der Waals surface area (Å²) < 4.78 is 43.2. The summed E-state index contributed by atoms with van der Waals surface area (Å²) in [6.45, 7) is 5.17. The van der Waals surface area contributed by atoms with Gasteiger partial charge in [-0.1, -0.05) is 19.1 Å². The van der Waals surface area contributed by atoms with Gasteiger partial charge in [0.1, 0.15) is 17.9 Å². The average molecular weight is 526 g/mol. The van der Waals surface area contributed by atoms with Gasteiger partial charge >= 0.3 is 6.18 Å². The molecule has 0 aliphatic carbocycles. The number of halogens is 4. The van der Waals surface area contributed by atoms with E-state index in [0.29, 0.717) is 32.1 Å². The molecular weight excluding hydrogens is 500 g/mol. The van der Waals surface area contributed by atoms with Gasteiger partial charge in [-0.25, -0.2) is 4.99 Å². The number of guanidine groups is 1. The lowest BCUT2D eigenvalue weighted by Gasteiger charge is -2.12. The van der Waals surface area contributed by atoms with Gasteiger partial charge in [-0.05, 0) is 24.6 Å². The van der Waals surface area contributed by atoms with Crippen molar-refractivity contribution in [3.8, 4) is 5.75 Å². The molecule has 1 aromatic carbocycles. The van der Waals surface area contributed by atoms with Crippen molar-refractivity contribution < 1.29 is 17.9 Å². The van der Waals surface area contributed by atoms with Crippen LogP contribution in [0.3, 0.4) is 0 Å². The maximum Gasteiger partial charge on any atom is 0.422 e. The number of alkyl halides is 3. The smallest absolute Gasteiger partial charge is 0.422 e. The molecular formula is C18H26F3IN6O. The molecule has 29 heavy (non-hydrogen) atoms.